The Labute approximate surface area is 252 Å². The monoisotopic (exact) mass is 575 g/mol. The quantitative estimate of drug-likeness (QED) is 0.234. The second kappa shape index (κ2) is 14.3. The average molecular weight is 576 g/mol. The van der Waals surface area contributed by atoms with E-state index >= 15 is 4.39 Å². The molecule has 4 heteroatoms. The Balaban J connectivity index is 1.83. The molecule has 1 nitrogen and oxygen atoms in total. The van der Waals surface area contributed by atoms with Crippen molar-refractivity contribution in [2.24, 2.45) is 23.2 Å². The van der Waals surface area contributed by atoms with Gasteiger partial charge in [-0.3, -0.25) is 0 Å². The Hall–Kier alpha value is -3.27. The van der Waals surface area contributed by atoms with Crippen LogP contribution in [0.25, 0.3) is 11.1 Å². The molecule has 0 aliphatic heterocycles. The summed E-state index contributed by atoms with van der Waals surface area (Å²) >= 11 is 0. The van der Waals surface area contributed by atoms with E-state index < -0.39 is 12.2 Å². The Morgan fingerprint density at radius 2 is 1.67 bits per heavy atom. The minimum atomic E-state index is -2.78. The van der Waals surface area contributed by atoms with Gasteiger partial charge in [-0.05, 0) is 96.3 Å². The second-order valence-corrected chi connectivity index (χ2v) is 13.1. The van der Waals surface area contributed by atoms with Crippen molar-refractivity contribution in [1.29, 1.82) is 0 Å². The first kappa shape index (κ1) is 33.2. The first-order valence-electron chi connectivity index (χ1n) is 15.1. The number of hydrogen-bond donors (Lipinski definition) is 1. The van der Waals surface area contributed by atoms with Crippen LogP contribution in [-0.4, -0.2) is 0 Å². The van der Waals surface area contributed by atoms with E-state index in [9.17, 15) is 8.78 Å². The maximum atomic E-state index is 15.3. The van der Waals surface area contributed by atoms with E-state index in [1.165, 1.54) is 12.1 Å². The molecule has 0 heterocycles. The second-order valence-electron chi connectivity index (χ2n) is 13.1. The van der Waals surface area contributed by atoms with Gasteiger partial charge in [0, 0.05) is 28.4 Å². The molecule has 42 heavy (non-hydrogen) atoms. The van der Waals surface area contributed by atoms with Gasteiger partial charge in [0.1, 0.15) is 5.82 Å². The van der Waals surface area contributed by atoms with Gasteiger partial charge in [0.05, 0.1) is 0 Å². The van der Waals surface area contributed by atoms with Gasteiger partial charge in [0.2, 0.25) is 0 Å². The highest BCUT2D eigenvalue weighted by Gasteiger charge is 2.30. The van der Waals surface area contributed by atoms with Crippen molar-refractivity contribution in [1.82, 2.24) is 0 Å². The molecule has 1 unspecified atom stereocenters. The maximum Gasteiger partial charge on any atom is 0.264 e. The summed E-state index contributed by atoms with van der Waals surface area (Å²) in [4.78, 5) is 0. The molecule has 2 aromatic rings. The minimum Gasteiger partial charge on any atom is -0.359 e. The van der Waals surface area contributed by atoms with Gasteiger partial charge in [-0.15, -0.1) is 0 Å². The molecule has 1 saturated carbocycles. The number of hydrogen-bond acceptors (Lipinski definition) is 1. The summed E-state index contributed by atoms with van der Waals surface area (Å²) in [7, 11) is 0. The minimum absolute atomic E-state index is 0.0367. The zero-order valence-electron chi connectivity index (χ0n) is 26.3. The molecule has 1 N–H and O–H groups in total. The Bertz CT molecular complexity index is 1330. The highest BCUT2D eigenvalue weighted by atomic mass is 19.3. The van der Waals surface area contributed by atoms with Crippen molar-refractivity contribution in [3.05, 3.63) is 114 Å². The van der Waals surface area contributed by atoms with Crippen molar-refractivity contribution in [3.8, 4) is 0 Å². The third-order valence-electron chi connectivity index (χ3n) is 8.20. The maximum absolute atomic E-state index is 15.3. The van der Waals surface area contributed by atoms with Gasteiger partial charge in [0.15, 0.2) is 0 Å². The lowest BCUT2D eigenvalue weighted by Crippen LogP contribution is -2.25. The van der Waals surface area contributed by atoms with E-state index in [2.05, 4.69) is 64.9 Å². The van der Waals surface area contributed by atoms with Gasteiger partial charge < -0.3 is 5.32 Å². The van der Waals surface area contributed by atoms with Gasteiger partial charge in [-0.2, -0.15) is 0 Å². The van der Waals surface area contributed by atoms with Crippen LogP contribution >= 0.6 is 0 Å². The molecule has 3 rings (SSSR count). The molecule has 0 bridgehead atoms. The summed E-state index contributed by atoms with van der Waals surface area (Å²) in [5.74, 6) is 0.639. The average Bonchev–Trinajstić information content (AvgIpc) is 2.90. The van der Waals surface area contributed by atoms with E-state index in [1.807, 2.05) is 25.1 Å². The van der Waals surface area contributed by atoms with E-state index in [4.69, 9.17) is 0 Å². The molecular formula is C38H48F3N. The number of rotatable bonds is 13. The summed E-state index contributed by atoms with van der Waals surface area (Å²) in [6.45, 7) is 25.5. The van der Waals surface area contributed by atoms with Gasteiger partial charge in [-0.25, -0.2) is 13.2 Å². The molecule has 2 aromatic carbocycles. The fourth-order valence-corrected chi connectivity index (χ4v) is 5.94. The van der Waals surface area contributed by atoms with Gasteiger partial charge in [0.25, 0.3) is 6.43 Å². The molecule has 0 spiro atoms. The summed E-state index contributed by atoms with van der Waals surface area (Å²) in [6, 6.07) is 11.0. The van der Waals surface area contributed by atoms with Crippen LogP contribution in [0, 0.1) is 29.0 Å². The van der Waals surface area contributed by atoms with E-state index in [0.29, 0.717) is 29.4 Å². The molecule has 0 radical (unpaired) electrons. The molecule has 226 valence electrons. The summed E-state index contributed by atoms with van der Waals surface area (Å²) in [5.41, 5.74) is 5.48. The van der Waals surface area contributed by atoms with Crippen LogP contribution in [-0.2, 0) is 6.42 Å². The van der Waals surface area contributed by atoms with Crippen LogP contribution in [0.3, 0.4) is 0 Å². The van der Waals surface area contributed by atoms with Crippen LogP contribution in [0.4, 0.5) is 18.9 Å². The molecule has 0 saturated heterocycles. The fraction of sp³-hybridized carbons (Fsp3) is 0.421. The van der Waals surface area contributed by atoms with Crippen molar-refractivity contribution >= 4 is 16.8 Å². The zero-order chi connectivity index (χ0) is 31.2. The first-order valence-corrected chi connectivity index (χ1v) is 15.1. The van der Waals surface area contributed by atoms with Crippen LogP contribution in [0.5, 0.6) is 0 Å². The Kier molecular flexibility index (Phi) is 11.3. The number of alkyl halides is 2. The first-order chi connectivity index (χ1) is 19.7. The predicted octanol–water partition coefficient (Wildman–Crippen LogP) is 12.0. The lowest BCUT2D eigenvalue weighted by Gasteiger charge is -2.36. The Morgan fingerprint density at radius 3 is 2.19 bits per heavy atom. The topological polar surface area (TPSA) is 12.0 Å². The zero-order valence-corrected chi connectivity index (χ0v) is 26.3. The summed E-state index contributed by atoms with van der Waals surface area (Å²) in [6.07, 6.45) is 7.02. The largest absolute Gasteiger partial charge is 0.359 e. The molecule has 0 aromatic heterocycles. The van der Waals surface area contributed by atoms with Crippen molar-refractivity contribution in [3.63, 3.8) is 0 Å². The Morgan fingerprint density at radius 1 is 1.02 bits per heavy atom. The third-order valence-corrected chi connectivity index (χ3v) is 8.20. The number of halogens is 3. The highest BCUT2D eigenvalue weighted by Crippen LogP contribution is 2.41. The van der Waals surface area contributed by atoms with Crippen molar-refractivity contribution in [2.45, 2.75) is 80.1 Å². The van der Waals surface area contributed by atoms with Crippen LogP contribution in [0.1, 0.15) is 95.9 Å². The molecule has 0 amide bonds. The SMILES string of the molecule is C=C(CC(C)(C)C)c1ccc(NC(=C)C(CC2CC(C)C2)C(=C)/C=C\C(=C/C)c2c(C(F)F)ccc(CC)c2F)cc1. The molecule has 1 fully saturated rings. The number of aryl methyl sites for hydroxylation is 1. The summed E-state index contributed by atoms with van der Waals surface area (Å²) < 4.78 is 43.1. The smallest absolute Gasteiger partial charge is 0.264 e. The molecule has 1 atom stereocenters. The summed E-state index contributed by atoms with van der Waals surface area (Å²) in [5, 5.41) is 3.49. The fourth-order valence-electron chi connectivity index (χ4n) is 5.94. The molecular weight excluding hydrogens is 527 g/mol. The van der Waals surface area contributed by atoms with E-state index in [1.54, 1.807) is 19.1 Å². The number of benzene rings is 2. The van der Waals surface area contributed by atoms with Gasteiger partial charge >= 0.3 is 0 Å². The van der Waals surface area contributed by atoms with Crippen molar-refractivity contribution in [2.75, 3.05) is 5.32 Å². The number of anilines is 1. The van der Waals surface area contributed by atoms with Crippen LogP contribution in [0.15, 0.2) is 85.6 Å². The highest BCUT2D eigenvalue weighted by molar-refractivity contribution is 5.77. The van der Waals surface area contributed by atoms with E-state index in [-0.39, 0.29) is 22.5 Å². The van der Waals surface area contributed by atoms with Crippen LogP contribution in [0.2, 0.25) is 0 Å². The van der Waals surface area contributed by atoms with Gasteiger partial charge in [-0.1, -0.05) is 96.8 Å². The third kappa shape index (κ3) is 8.63. The standard InChI is InChI=1S/C38H48F3N/c1-10-29(35-33(37(40)41)19-16-30(11-2)36(35)39)13-12-25(4)34(22-28-20-24(3)21-28)27(6)42-32-17-14-31(15-18-32)26(5)23-38(7,8)9/h10,12-19,24,28,34,37,42H,4-6,11,20-23H2,1-3,7-9H3/b13-12-,29-10+. The van der Waals surface area contributed by atoms with Crippen molar-refractivity contribution < 1.29 is 13.2 Å². The number of nitrogens with one attached hydrogen (secondary N) is 1. The lowest BCUT2D eigenvalue weighted by atomic mass is 9.70. The van der Waals surface area contributed by atoms with E-state index in [0.717, 1.165) is 53.8 Å². The molecule has 1 aliphatic carbocycles. The predicted molar refractivity (Wildman–Crippen MR) is 175 cm³/mol. The normalized spacial score (nSPS) is 18.2. The van der Waals surface area contributed by atoms with Crippen LogP contribution < -0.4 is 5.32 Å². The lowest BCUT2D eigenvalue weighted by molar-refractivity contribution is 0.150. The molecule has 1 aliphatic rings. The number of allylic oxidation sites excluding steroid dienone is 6.